The van der Waals surface area contributed by atoms with E-state index in [1.807, 2.05) is 0 Å². The molecule has 0 saturated carbocycles. The van der Waals surface area contributed by atoms with E-state index in [0.29, 0.717) is 13.1 Å². The van der Waals surface area contributed by atoms with Gasteiger partial charge in [0.15, 0.2) is 5.92 Å². The maximum absolute atomic E-state index is 12.2. The van der Waals surface area contributed by atoms with Crippen LogP contribution in [0.25, 0.3) is 0 Å². The Balaban J connectivity index is 4.07. The molecule has 17 heavy (non-hydrogen) atoms. The monoisotopic (exact) mass is 268 g/mol. The van der Waals surface area contributed by atoms with Crippen LogP contribution in [0.1, 0.15) is 13.8 Å². The third-order valence-corrected chi connectivity index (χ3v) is 3.20. The molecule has 0 saturated heterocycles. The number of amides is 1. The topological polar surface area (TPSA) is 44.1 Å². The van der Waals surface area contributed by atoms with Crippen molar-refractivity contribution < 1.29 is 18.0 Å². The van der Waals surface area contributed by atoms with Crippen LogP contribution in [0.15, 0.2) is 0 Å². The maximum atomic E-state index is 12.2. The molecule has 1 amide bonds. The van der Waals surface area contributed by atoms with Crippen LogP contribution in [-0.2, 0) is 4.79 Å². The van der Waals surface area contributed by atoms with Gasteiger partial charge in [-0.15, -0.1) is 0 Å². The number of alkyl halides is 3. The average molecular weight is 268 g/mol. The summed E-state index contributed by atoms with van der Waals surface area (Å²) in [5, 5.41) is 8.35. The Morgan fingerprint density at radius 3 is 2.29 bits per heavy atom. The molecule has 0 aliphatic heterocycles. The van der Waals surface area contributed by atoms with Gasteiger partial charge in [0.05, 0.1) is 11.8 Å². The first-order chi connectivity index (χ1) is 7.86. The van der Waals surface area contributed by atoms with Gasteiger partial charge in [0.1, 0.15) is 0 Å². The van der Waals surface area contributed by atoms with E-state index >= 15 is 0 Å². The molecule has 0 aromatic rings. The molecule has 1 unspecified atom stereocenters. The van der Waals surface area contributed by atoms with Crippen molar-refractivity contribution in [2.45, 2.75) is 20.0 Å². The first-order valence-corrected chi connectivity index (χ1v) is 6.34. The molecule has 98 valence electrons. The molecular formula is C10H15F3N2OS. The smallest absolute Gasteiger partial charge is 0.343 e. The predicted molar refractivity (Wildman–Crippen MR) is 60.4 cm³/mol. The zero-order valence-electron chi connectivity index (χ0n) is 9.75. The number of hydrogen-bond donors (Lipinski definition) is 0. The van der Waals surface area contributed by atoms with Crippen LogP contribution >= 0.6 is 11.8 Å². The fourth-order valence-corrected chi connectivity index (χ4v) is 2.11. The molecule has 7 heteroatoms. The van der Waals surface area contributed by atoms with Crippen molar-refractivity contribution in [3.63, 3.8) is 0 Å². The first-order valence-electron chi connectivity index (χ1n) is 5.18. The van der Waals surface area contributed by atoms with Gasteiger partial charge in [-0.3, -0.25) is 4.79 Å². The molecule has 3 nitrogen and oxygen atoms in total. The molecule has 0 aromatic heterocycles. The third-order valence-electron chi connectivity index (χ3n) is 2.18. The number of halogens is 3. The highest BCUT2D eigenvalue weighted by molar-refractivity contribution is 7.99. The molecule has 1 atom stereocenters. The molecule has 0 aliphatic rings. The summed E-state index contributed by atoms with van der Waals surface area (Å²) < 4.78 is 36.6. The van der Waals surface area contributed by atoms with Crippen molar-refractivity contribution in [3.8, 4) is 6.07 Å². The molecule has 0 heterocycles. The second-order valence-electron chi connectivity index (χ2n) is 3.30. The number of nitrogens with zero attached hydrogens (tertiary/aromatic N) is 2. The summed E-state index contributed by atoms with van der Waals surface area (Å²) >= 11 is 0.846. The van der Waals surface area contributed by atoms with E-state index in [1.165, 1.54) is 6.07 Å². The number of thioether (sulfide) groups is 1. The van der Waals surface area contributed by atoms with Gasteiger partial charge in [-0.1, -0.05) is 0 Å². The quantitative estimate of drug-likeness (QED) is 0.742. The summed E-state index contributed by atoms with van der Waals surface area (Å²) in [4.78, 5) is 13.0. The third kappa shape index (κ3) is 5.82. The SMILES string of the molecule is CCN(CC)C(=O)CSCC(C#N)C(F)(F)F. The molecule has 0 fully saturated rings. The fourth-order valence-electron chi connectivity index (χ4n) is 1.14. The Bertz CT molecular complexity index is 284. The van der Waals surface area contributed by atoms with Crippen LogP contribution in [0.5, 0.6) is 0 Å². The number of nitriles is 1. The van der Waals surface area contributed by atoms with Crippen LogP contribution in [-0.4, -0.2) is 41.6 Å². The first kappa shape index (κ1) is 16.1. The van der Waals surface area contributed by atoms with Crippen LogP contribution in [0, 0.1) is 17.2 Å². The van der Waals surface area contributed by atoms with E-state index in [-0.39, 0.29) is 11.7 Å². The minimum atomic E-state index is -4.51. The van der Waals surface area contributed by atoms with Crippen LogP contribution in [0.3, 0.4) is 0 Å². The molecule has 0 aliphatic carbocycles. The molecule has 0 bridgehead atoms. The summed E-state index contributed by atoms with van der Waals surface area (Å²) in [7, 11) is 0. The Morgan fingerprint density at radius 1 is 1.41 bits per heavy atom. The normalized spacial score (nSPS) is 12.9. The number of carbonyl (C=O) groups excluding carboxylic acids is 1. The zero-order valence-corrected chi connectivity index (χ0v) is 10.6. The van der Waals surface area contributed by atoms with E-state index in [9.17, 15) is 18.0 Å². The summed E-state index contributed by atoms with van der Waals surface area (Å²) in [5.74, 6) is -2.61. The van der Waals surface area contributed by atoms with Crippen molar-refractivity contribution in [1.29, 1.82) is 5.26 Å². The predicted octanol–water partition coefficient (Wildman–Crippen LogP) is 2.29. The van der Waals surface area contributed by atoms with E-state index in [0.717, 1.165) is 11.8 Å². The lowest BCUT2D eigenvalue weighted by molar-refractivity contribution is -0.153. The molecule has 0 rings (SSSR count). The number of rotatable bonds is 6. The number of hydrogen-bond acceptors (Lipinski definition) is 3. The van der Waals surface area contributed by atoms with Crippen molar-refractivity contribution in [2.24, 2.45) is 5.92 Å². The zero-order chi connectivity index (χ0) is 13.5. The summed E-state index contributed by atoms with van der Waals surface area (Å²) in [5.41, 5.74) is 0. The van der Waals surface area contributed by atoms with Crippen molar-refractivity contribution >= 4 is 17.7 Å². The Morgan fingerprint density at radius 2 is 1.94 bits per heavy atom. The molecule has 0 spiro atoms. The van der Waals surface area contributed by atoms with Crippen molar-refractivity contribution in [2.75, 3.05) is 24.6 Å². The van der Waals surface area contributed by atoms with Crippen LogP contribution in [0.2, 0.25) is 0 Å². The lowest BCUT2D eigenvalue weighted by Crippen LogP contribution is -2.32. The highest BCUT2D eigenvalue weighted by Crippen LogP contribution is 2.28. The standard InChI is InChI=1S/C10H15F3N2OS/c1-3-15(4-2)9(16)7-17-6-8(5-14)10(11,12)13/h8H,3-4,6-7H2,1-2H3. The highest BCUT2D eigenvalue weighted by Gasteiger charge is 2.39. The van der Waals surface area contributed by atoms with Crippen molar-refractivity contribution in [1.82, 2.24) is 4.90 Å². The minimum Gasteiger partial charge on any atom is -0.343 e. The van der Waals surface area contributed by atoms with Crippen molar-refractivity contribution in [3.05, 3.63) is 0 Å². The lowest BCUT2D eigenvalue weighted by Gasteiger charge is -2.19. The Labute approximate surface area is 103 Å². The Hall–Kier alpha value is -0.900. The van der Waals surface area contributed by atoms with Gasteiger partial charge in [0.2, 0.25) is 5.91 Å². The van der Waals surface area contributed by atoms with Gasteiger partial charge >= 0.3 is 6.18 Å². The molecule has 0 N–H and O–H groups in total. The van der Waals surface area contributed by atoms with Crippen LogP contribution < -0.4 is 0 Å². The number of carbonyl (C=O) groups is 1. The Kier molecular flexibility index (Phi) is 7.04. The molecular weight excluding hydrogens is 253 g/mol. The van der Waals surface area contributed by atoms with Gasteiger partial charge < -0.3 is 4.90 Å². The average Bonchev–Trinajstić information content (AvgIpc) is 2.24. The van der Waals surface area contributed by atoms with Gasteiger partial charge in [-0.05, 0) is 13.8 Å². The van der Waals surface area contributed by atoms with Gasteiger partial charge in [0, 0.05) is 18.8 Å². The van der Waals surface area contributed by atoms with E-state index < -0.39 is 17.8 Å². The lowest BCUT2D eigenvalue weighted by atomic mass is 10.2. The van der Waals surface area contributed by atoms with Gasteiger partial charge in [-0.2, -0.15) is 30.2 Å². The van der Waals surface area contributed by atoms with E-state index in [2.05, 4.69) is 0 Å². The fraction of sp³-hybridized carbons (Fsp3) is 0.800. The summed E-state index contributed by atoms with van der Waals surface area (Å²) in [6.07, 6.45) is -4.51. The van der Waals surface area contributed by atoms with Gasteiger partial charge in [-0.25, -0.2) is 0 Å². The second-order valence-corrected chi connectivity index (χ2v) is 4.33. The van der Waals surface area contributed by atoms with Gasteiger partial charge in [0.25, 0.3) is 0 Å². The summed E-state index contributed by atoms with van der Waals surface area (Å²) in [6, 6.07) is 1.20. The summed E-state index contributed by atoms with van der Waals surface area (Å²) in [6.45, 7) is 4.69. The van der Waals surface area contributed by atoms with Crippen LogP contribution in [0.4, 0.5) is 13.2 Å². The highest BCUT2D eigenvalue weighted by atomic mass is 32.2. The maximum Gasteiger partial charge on any atom is 0.405 e. The second kappa shape index (κ2) is 7.43. The minimum absolute atomic E-state index is 0.0179. The molecule has 0 aromatic carbocycles. The van der Waals surface area contributed by atoms with E-state index in [1.54, 1.807) is 18.7 Å². The largest absolute Gasteiger partial charge is 0.405 e. The van der Waals surface area contributed by atoms with E-state index in [4.69, 9.17) is 5.26 Å². The molecule has 0 radical (unpaired) electrons.